The minimum atomic E-state index is -0.536. The summed E-state index contributed by atoms with van der Waals surface area (Å²) in [7, 11) is 0. The number of nitrogens with zero attached hydrogens (tertiary/aromatic N) is 4. The Morgan fingerprint density at radius 1 is 1.08 bits per heavy atom. The number of rotatable bonds is 5. The molecule has 6 rings (SSSR count). The van der Waals surface area contributed by atoms with Crippen molar-refractivity contribution in [3.05, 3.63) is 71.6 Å². The molecule has 1 aliphatic carbocycles. The summed E-state index contributed by atoms with van der Waals surface area (Å²) in [5, 5.41) is 2.90. The molecule has 1 saturated heterocycles. The highest BCUT2D eigenvalue weighted by Crippen LogP contribution is 2.43. The van der Waals surface area contributed by atoms with Crippen molar-refractivity contribution in [2.75, 3.05) is 6.54 Å². The van der Waals surface area contributed by atoms with Crippen molar-refractivity contribution in [3.8, 4) is 17.0 Å². The summed E-state index contributed by atoms with van der Waals surface area (Å²) in [5.74, 6) is 0.680. The lowest BCUT2D eigenvalue weighted by molar-refractivity contribution is 0.0585. The first kappa shape index (κ1) is 22.6. The van der Waals surface area contributed by atoms with Crippen LogP contribution in [-0.2, 0) is 0 Å². The summed E-state index contributed by atoms with van der Waals surface area (Å²) in [5.41, 5.74) is 5.44. The fraction of sp³-hybridized carbons (Fsp3) is 0.296. The number of hydrogen-bond donors (Lipinski definition) is 1. The third-order valence-corrected chi connectivity index (χ3v) is 8.04. The quantitative estimate of drug-likeness (QED) is 0.422. The number of carbonyl (C=O) groups is 2. The monoisotopic (exact) mass is 499 g/mol. The standard InChI is InChI=1S/C27H25N5O3S/c1-16-5-7-17(8-6-16)23-24(29-12-11-28-23)26(33)32-19-10-9-18(13-19)21(32)14-30-27(34)35-22-4-2-3-20-25(22)36-15-31-20/h2-8,11-12,15,18-19,21H,9-10,13-14H2,1H3,(H,30,34)/t18-,19+,21+/m0/s1. The SMILES string of the molecule is Cc1ccc(-c2nccnc2C(=O)N2[C@@H]3CC[C@@H](C3)[C@H]2CNC(=O)Oc2cccc3ncsc23)cc1. The number of hydrogen-bond acceptors (Lipinski definition) is 7. The fourth-order valence-corrected chi connectivity index (χ4v) is 6.22. The Bertz CT molecular complexity index is 1440. The van der Waals surface area contributed by atoms with E-state index < -0.39 is 6.09 Å². The zero-order valence-corrected chi connectivity index (χ0v) is 20.6. The first-order valence-corrected chi connectivity index (χ1v) is 12.9. The Morgan fingerprint density at radius 3 is 2.78 bits per heavy atom. The molecular formula is C27H25N5O3S. The van der Waals surface area contributed by atoms with Crippen LogP contribution in [0.25, 0.3) is 21.5 Å². The van der Waals surface area contributed by atoms with Crippen LogP contribution in [0.4, 0.5) is 4.79 Å². The number of ether oxygens (including phenoxy) is 1. The van der Waals surface area contributed by atoms with Gasteiger partial charge in [0.2, 0.25) is 0 Å². The number of fused-ring (bicyclic) bond motifs is 3. The van der Waals surface area contributed by atoms with Crippen LogP contribution >= 0.6 is 11.3 Å². The Labute approximate surface area is 212 Å². The Kier molecular flexibility index (Phi) is 5.85. The predicted molar refractivity (Wildman–Crippen MR) is 137 cm³/mol. The van der Waals surface area contributed by atoms with Crippen molar-refractivity contribution >= 4 is 33.6 Å². The van der Waals surface area contributed by atoms with E-state index in [1.54, 1.807) is 24.0 Å². The second-order valence-corrected chi connectivity index (χ2v) is 10.2. The number of likely N-dealkylation sites (tertiary alicyclic amines) is 1. The smallest absolute Gasteiger partial charge is 0.409 e. The van der Waals surface area contributed by atoms with Crippen LogP contribution in [0, 0.1) is 12.8 Å². The van der Waals surface area contributed by atoms with E-state index in [0.29, 0.717) is 29.6 Å². The number of aromatic nitrogens is 3. The lowest BCUT2D eigenvalue weighted by atomic mass is 9.98. The van der Waals surface area contributed by atoms with Crippen molar-refractivity contribution in [3.63, 3.8) is 0 Å². The molecule has 0 radical (unpaired) electrons. The van der Waals surface area contributed by atoms with Gasteiger partial charge in [0, 0.05) is 30.5 Å². The zero-order chi connectivity index (χ0) is 24.6. The van der Waals surface area contributed by atoms with Gasteiger partial charge in [0.05, 0.1) is 21.8 Å². The molecule has 2 aliphatic rings. The molecule has 8 nitrogen and oxygen atoms in total. The molecule has 36 heavy (non-hydrogen) atoms. The molecule has 2 bridgehead atoms. The van der Waals surface area contributed by atoms with Crippen molar-refractivity contribution in [2.45, 2.75) is 38.3 Å². The van der Waals surface area contributed by atoms with E-state index in [9.17, 15) is 9.59 Å². The summed E-state index contributed by atoms with van der Waals surface area (Å²) >= 11 is 1.43. The van der Waals surface area contributed by atoms with Crippen molar-refractivity contribution in [1.29, 1.82) is 0 Å². The average molecular weight is 500 g/mol. The third kappa shape index (κ3) is 4.09. The van der Waals surface area contributed by atoms with Crippen LogP contribution in [0.15, 0.2) is 60.4 Å². The van der Waals surface area contributed by atoms with E-state index in [2.05, 4.69) is 20.3 Å². The summed E-state index contributed by atoms with van der Waals surface area (Å²) in [6.07, 6.45) is 5.58. The molecule has 1 saturated carbocycles. The summed E-state index contributed by atoms with van der Waals surface area (Å²) < 4.78 is 6.42. The summed E-state index contributed by atoms with van der Waals surface area (Å²) in [6, 6.07) is 13.4. The van der Waals surface area contributed by atoms with Crippen LogP contribution in [0.1, 0.15) is 35.3 Å². The molecule has 0 spiro atoms. The number of aryl methyl sites for hydroxylation is 1. The van der Waals surface area contributed by atoms with Crippen molar-refractivity contribution < 1.29 is 14.3 Å². The Morgan fingerprint density at radius 2 is 1.92 bits per heavy atom. The van der Waals surface area contributed by atoms with Crippen LogP contribution in [0.5, 0.6) is 5.75 Å². The molecule has 2 aromatic carbocycles. The highest BCUT2D eigenvalue weighted by atomic mass is 32.1. The highest BCUT2D eigenvalue weighted by Gasteiger charge is 2.48. The number of piperidine rings is 1. The number of benzene rings is 2. The van der Waals surface area contributed by atoms with Gasteiger partial charge in [0.15, 0.2) is 11.4 Å². The lowest BCUT2D eigenvalue weighted by Crippen LogP contribution is -2.51. The van der Waals surface area contributed by atoms with Crippen LogP contribution in [0.3, 0.4) is 0 Å². The maximum atomic E-state index is 13.8. The third-order valence-electron chi connectivity index (χ3n) is 7.18. The fourth-order valence-electron chi connectivity index (χ4n) is 5.48. The molecular weight excluding hydrogens is 474 g/mol. The molecule has 3 heterocycles. The minimum absolute atomic E-state index is 0.115. The maximum Gasteiger partial charge on any atom is 0.412 e. The topological polar surface area (TPSA) is 97.3 Å². The van der Waals surface area contributed by atoms with Gasteiger partial charge in [-0.1, -0.05) is 35.9 Å². The molecule has 1 aliphatic heterocycles. The largest absolute Gasteiger partial charge is 0.412 e. The molecule has 3 atom stereocenters. The molecule has 2 fully saturated rings. The number of carbonyl (C=O) groups excluding carboxylic acids is 2. The first-order valence-electron chi connectivity index (χ1n) is 12.1. The van der Waals surface area contributed by atoms with E-state index >= 15 is 0 Å². The van der Waals surface area contributed by atoms with E-state index in [0.717, 1.165) is 40.6 Å². The van der Waals surface area contributed by atoms with Gasteiger partial charge in [-0.3, -0.25) is 9.78 Å². The molecule has 4 aromatic rings. The van der Waals surface area contributed by atoms with Crippen LogP contribution < -0.4 is 10.1 Å². The molecule has 1 N–H and O–H groups in total. The van der Waals surface area contributed by atoms with Crippen molar-refractivity contribution in [2.24, 2.45) is 5.92 Å². The van der Waals surface area contributed by atoms with Gasteiger partial charge in [0.25, 0.3) is 5.91 Å². The number of thiazole rings is 1. The van der Waals surface area contributed by atoms with Gasteiger partial charge < -0.3 is 15.0 Å². The summed E-state index contributed by atoms with van der Waals surface area (Å²) in [6.45, 7) is 2.35. The normalized spacial score (nSPS) is 20.6. The zero-order valence-electron chi connectivity index (χ0n) is 19.8. The second kappa shape index (κ2) is 9.31. The molecule has 9 heteroatoms. The van der Waals surface area contributed by atoms with E-state index in [1.165, 1.54) is 11.3 Å². The number of amides is 2. The Hall–Kier alpha value is -3.85. The average Bonchev–Trinajstić information content (AvgIpc) is 3.64. The van der Waals surface area contributed by atoms with Gasteiger partial charge in [-0.15, -0.1) is 11.3 Å². The minimum Gasteiger partial charge on any atom is -0.409 e. The first-order chi connectivity index (χ1) is 17.6. The van der Waals surface area contributed by atoms with Gasteiger partial charge in [-0.05, 0) is 44.2 Å². The summed E-state index contributed by atoms with van der Waals surface area (Å²) in [4.78, 5) is 41.6. The maximum absolute atomic E-state index is 13.8. The Balaban J connectivity index is 1.20. The van der Waals surface area contributed by atoms with E-state index in [-0.39, 0.29) is 18.0 Å². The van der Waals surface area contributed by atoms with Crippen LogP contribution in [0.2, 0.25) is 0 Å². The highest BCUT2D eigenvalue weighted by molar-refractivity contribution is 7.17. The van der Waals surface area contributed by atoms with E-state index in [4.69, 9.17) is 4.74 Å². The molecule has 0 unspecified atom stereocenters. The van der Waals surface area contributed by atoms with Gasteiger partial charge in [0.1, 0.15) is 5.69 Å². The molecule has 2 amide bonds. The predicted octanol–water partition coefficient (Wildman–Crippen LogP) is 4.84. The van der Waals surface area contributed by atoms with Crippen LogP contribution in [-0.4, -0.2) is 50.5 Å². The number of nitrogens with one attached hydrogen (secondary N) is 1. The lowest BCUT2D eigenvalue weighted by Gasteiger charge is -2.35. The molecule has 182 valence electrons. The van der Waals surface area contributed by atoms with E-state index in [1.807, 2.05) is 48.2 Å². The van der Waals surface area contributed by atoms with Gasteiger partial charge in [-0.25, -0.2) is 14.8 Å². The van der Waals surface area contributed by atoms with Gasteiger partial charge in [-0.2, -0.15) is 0 Å². The molecule has 2 aromatic heterocycles. The van der Waals surface area contributed by atoms with Gasteiger partial charge >= 0.3 is 6.09 Å². The van der Waals surface area contributed by atoms with Crippen molar-refractivity contribution in [1.82, 2.24) is 25.2 Å². The second-order valence-electron chi connectivity index (χ2n) is 9.35.